The molecule has 37 heavy (non-hydrogen) atoms. The highest BCUT2D eigenvalue weighted by atomic mass is 32.2. The van der Waals surface area contributed by atoms with Crippen LogP contribution in [0.3, 0.4) is 0 Å². The number of carbonyl (C=O) groups is 1. The predicted molar refractivity (Wildman–Crippen MR) is 142 cm³/mol. The Hall–Kier alpha value is -3.43. The highest BCUT2D eigenvalue weighted by Crippen LogP contribution is 2.38. The van der Waals surface area contributed by atoms with Crippen molar-refractivity contribution < 1.29 is 27.1 Å². The van der Waals surface area contributed by atoms with E-state index >= 15 is 0 Å². The molecular formula is C28H30N2O6S. The fraction of sp³-hybridized carbons (Fsp3) is 0.357. The first-order valence-corrected chi connectivity index (χ1v) is 14.2. The summed E-state index contributed by atoms with van der Waals surface area (Å²) in [7, 11) is -3.81. The second-order valence-electron chi connectivity index (χ2n) is 9.69. The van der Waals surface area contributed by atoms with Gasteiger partial charge in [-0.25, -0.2) is 18.1 Å². The van der Waals surface area contributed by atoms with Gasteiger partial charge in [0.2, 0.25) is 10.0 Å². The van der Waals surface area contributed by atoms with Crippen LogP contribution >= 0.6 is 0 Å². The number of pyridine rings is 1. The average molecular weight is 523 g/mol. The van der Waals surface area contributed by atoms with Gasteiger partial charge in [-0.15, -0.1) is 0 Å². The van der Waals surface area contributed by atoms with Gasteiger partial charge in [0.15, 0.2) is 5.76 Å². The summed E-state index contributed by atoms with van der Waals surface area (Å²) in [5.74, 6) is 0.569. The second-order valence-corrected chi connectivity index (χ2v) is 11.4. The third kappa shape index (κ3) is 5.06. The summed E-state index contributed by atoms with van der Waals surface area (Å²) in [5.41, 5.74) is 3.56. The van der Waals surface area contributed by atoms with Gasteiger partial charge in [0.1, 0.15) is 17.0 Å². The zero-order valence-electron chi connectivity index (χ0n) is 21.3. The molecule has 2 aromatic heterocycles. The number of hydrogen-bond donors (Lipinski definition) is 1. The maximum absolute atomic E-state index is 13.3. The molecular weight excluding hydrogens is 492 g/mol. The van der Waals surface area contributed by atoms with Crippen molar-refractivity contribution in [2.24, 2.45) is 5.92 Å². The van der Waals surface area contributed by atoms with Crippen LogP contribution in [0.2, 0.25) is 0 Å². The normalized spacial score (nSPS) is 15.7. The molecule has 1 aliphatic heterocycles. The van der Waals surface area contributed by atoms with Gasteiger partial charge in [0.25, 0.3) is 5.91 Å². The van der Waals surface area contributed by atoms with Gasteiger partial charge in [0, 0.05) is 24.2 Å². The minimum Gasteiger partial charge on any atom is -0.490 e. The number of benzene rings is 2. The summed E-state index contributed by atoms with van der Waals surface area (Å²) in [4.78, 5) is 18.2. The van der Waals surface area contributed by atoms with Gasteiger partial charge in [-0.05, 0) is 63.3 Å². The topological polar surface area (TPSA) is 108 Å². The lowest BCUT2D eigenvalue weighted by atomic mass is 9.94. The molecule has 194 valence electrons. The van der Waals surface area contributed by atoms with Crippen LogP contribution in [-0.4, -0.2) is 44.9 Å². The van der Waals surface area contributed by atoms with E-state index in [2.05, 4.69) is 4.72 Å². The number of aromatic nitrogens is 1. The zero-order chi connectivity index (χ0) is 26.3. The van der Waals surface area contributed by atoms with Crippen molar-refractivity contribution in [2.75, 3.05) is 19.5 Å². The summed E-state index contributed by atoms with van der Waals surface area (Å²) < 4.78 is 44.1. The second kappa shape index (κ2) is 9.79. The molecule has 0 aliphatic carbocycles. The summed E-state index contributed by atoms with van der Waals surface area (Å²) in [6.45, 7) is 7.23. The number of nitrogens with one attached hydrogen (secondary N) is 1. The molecule has 1 N–H and O–H groups in total. The number of furan rings is 1. The number of fused-ring (bicyclic) bond motifs is 2. The van der Waals surface area contributed by atoms with Gasteiger partial charge >= 0.3 is 0 Å². The third-order valence-electron chi connectivity index (χ3n) is 6.97. The first-order chi connectivity index (χ1) is 17.6. The quantitative estimate of drug-likeness (QED) is 0.373. The minimum atomic E-state index is -3.81. The van der Waals surface area contributed by atoms with Crippen LogP contribution in [0, 0.1) is 19.8 Å². The Balaban J connectivity index is 1.70. The van der Waals surface area contributed by atoms with E-state index in [1.165, 1.54) is 0 Å². The molecule has 1 atom stereocenters. The molecule has 3 heterocycles. The van der Waals surface area contributed by atoms with Gasteiger partial charge in [-0.2, -0.15) is 0 Å². The van der Waals surface area contributed by atoms with Crippen molar-refractivity contribution in [3.05, 3.63) is 59.2 Å². The molecule has 9 heteroatoms. The molecule has 1 amide bonds. The molecule has 0 saturated carbocycles. The lowest BCUT2D eigenvalue weighted by molar-refractivity contribution is 0.0243. The maximum Gasteiger partial charge on any atom is 0.265 e. The standard InChI is InChI=1S/C28H30N2O6S/c1-16-9-10-24(35-18(3)19-11-13-34-14-12-19)25-21(28(31)30-37(4,32)33)15-22(29-26(16)25)27-17(2)20-7-5-6-8-23(20)36-27/h5-10,15,18-19H,11-14H2,1-4H3,(H,30,31)/t18-/m1/s1. The number of ether oxygens (including phenoxy) is 2. The SMILES string of the molecule is Cc1c(-c2cc(C(=O)NS(C)(=O)=O)c3c(O[C@H](C)C4CCOCC4)ccc(C)c3n2)oc2ccccc12. The monoisotopic (exact) mass is 522 g/mol. The van der Waals surface area contributed by atoms with Gasteiger partial charge in [0.05, 0.1) is 28.8 Å². The summed E-state index contributed by atoms with van der Waals surface area (Å²) in [5, 5.41) is 1.42. The molecule has 1 aliphatic rings. The molecule has 0 radical (unpaired) electrons. The van der Waals surface area contributed by atoms with Crippen molar-refractivity contribution in [2.45, 2.75) is 39.7 Å². The number of carbonyl (C=O) groups excluding carboxylic acids is 1. The molecule has 0 bridgehead atoms. The van der Waals surface area contributed by atoms with E-state index in [4.69, 9.17) is 18.9 Å². The Morgan fingerprint density at radius 2 is 1.86 bits per heavy atom. The van der Waals surface area contributed by atoms with Crippen LogP contribution in [-0.2, 0) is 14.8 Å². The molecule has 2 aromatic carbocycles. The fourth-order valence-corrected chi connectivity index (χ4v) is 5.41. The van der Waals surface area contributed by atoms with Crippen LogP contribution < -0.4 is 9.46 Å². The first-order valence-electron chi connectivity index (χ1n) is 12.3. The van der Waals surface area contributed by atoms with Gasteiger partial charge < -0.3 is 13.9 Å². The van der Waals surface area contributed by atoms with E-state index < -0.39 is 15.9 Å². The number of amides is 1. The summed E-state index contributed by atoms with van der Waals surface area (Å²) >= 11 is 0. The van der Waals surface area contributed by atoms with Crippen molar-refractivity contribution in [1.29, 1.82) is 0 Å². The van der Waals surface area contributed by atoms with Crippen LogP contribution in [0.25, 0.3) is 33.3 Å². The Bertz CT molecular complexity index is 1600. The minimum absolute atomic E-state index is 0.127. The largest absolute Gasteiger partial charge is 0.490 e. The Labute approximate surface area is 216 Å². The van der Waals surface area contributed by atoms with E-state index in [1.807, 2.05) is 57.2 Å². The molecule has 4 aromatic rings. The lowest BCUT2D eigenvalue weighted by Crippen LogP contribution is -2.30. The van der Waals surface area contributed by atoms with Crippen molar-refractivity contribution in [1.82, 2.24) is 9.71 Å². The highest BCUT2D eigenvalue weighted by Gasteiger charge is 2.26. The predicted octanol–water partition coefficient (Wildman–Crippen LogP) is 5.15. The highest BCUT2D eigenvalue weighted by molar-refractivity contribution is 7.89. The molecule has 1 saturated heterocycles. The number of nitrogens with zero attached hydrogens (tertiary/aromatic N) is 1. The van der Waals surface area contributed by atoms with Crippen molar-refractivity contribution in [3.63, 3.8) is 0 Å². The van der Waals surface area contributed by atoms with E-state index in [-0.39, 0.29) is 11.7 Å². The van der Waals surface area contributed by atoms with Crippen LogP contribution in [0.4, 0.5) is 0 Å². The fourth-order valence-electron chi connectivity index (χ4n) is 4.96. The van der Waals surface area contributed by atoms with Crippen LogP contribution in [0.15, 0.2) is 46.9 Å². The van der Waals surface area contributed by atoms with Crippen molar-refractivity contribution >= 4 is 37.8 Å². The van der Waals surface area contributed by atoms with E-state index in [0.717, 1.165) is 35.6 Å². The first kappa shape index (κ1) is 25.2. The number of hydrogen-bond acceptors (Lipinski definition) is 7. The van der Waals surface area contributed by atoms with Crippen LogP contribution in [0.5, 0.6) is 5.75 Å². The van der Waals surface area contributed by atoms with E-state index in [9.17, 15) is 13.2 Å². The Morgan fingerprint density at radius 1 is 1.14 bits per heavy atom. The molecule has 5 rings (SSSR count). The zero-order valence-corrected chi connectivity index (χ0v) is 22.1. The van der Waals surface area contributed by atoms with Gasteiger partial charge in [-0.3, -0.25) is 4.79 Å². The summed E-state index contributed by atoms with van der Waals surface area (Å²) in [6.07, 6.45) is 2.60. The lowest BCUT2D eigenvalue weighted by Gasteiger charge is -2.29. The summed E-state index contributed by atoms with van der Waals surface area (Å²) in [6, 6.07) is 13.0. The van der Waals surface area contributed by atoms with Crippen LogP contribution in [0.1, 0.15) is 41.3 Å². The number of rotatable bonds is 6. The van der Waals surface area contributed by atoms with Gasteiger partial charge in [-0.1, -0.05) is 24.3 Å². The van der Waals surface area contributed by atoms with E-state index in [1.54, 1.807) is 6.07 Å². The average Bonchev–Trinajstić information content (AvgIpc) is 3.21. The maximum atomic E-state index is 13.3. The Morgan fingerprint density at radius 3 is 2.57 bits per heavy atom. The Kier molecular flexibility index (Phi) is 6.68. The molecule has 1 fully saturated rings. The third-order valence-corrected chi connectivity index (χ3v) is 7.52. The van der Waals surface area contributed by atoms with E-state index in [0.29, 0.717) is 52.8 Å². The number of sulfonamides is 1. The molecule has 8 nitrogen and oxygen atoms in total. The van der Waals surface area contributed by atoms with Crippen molar-refractivity contribution in [3.8, 4) is 17.2 Å². The smallest absolute Gasteiger partial charge is 0.265 e. The number of para-hydroxylation sites is 1. The number of aryl methyl sites for hydroxylation is 2. The molecule has 0 spiro atoms. The molecule has 0 unspecified atom stereocenters.